The molecule has 0 saturated carbocycles. The summed E-state index contributed by atoms with van der Waals surface area (Å²) in [5.74, 6) is -0.580. The quantitative estimate of drug-likeness (QED) is 0.353. The molecule has 9 nitrogen and oxygen atoms in total. The first-order valence-electron chi connectivity index (χ1n) is 12.6. The number of halogens is 1. The van der Waals surface area contributed by atoms with Crippen molar-refractivity contribution < 1.29 is 28.5 Å². The van der Waals surface area contributed by atoms with Crippen molar-refractivity contribution in [1.82, 2.24) is 4.57 Å². The third-order valence-corrected chi connectivity index (χ3v) is 7.36. The Kier molecular flexibility index (Phi) is 9.11. The van der Waals surface area contributed by atoms with Crippen LogP contribution in [-0.4, -0.2) is 43.4 Å². The Hall–Kier alpha value is -3.89. The number of carbonyl (C=O) groups excluding carboxylic acids is 2. The molecule has 0 bridgehead atoms. The van der Waals surface area contributed by atoms with E-state index in [0.29, 0.717) is 26.2 Å². The molecule has 0 fully saturated rings. The molecule has 1 aromatic heterocycles. The number of fused-ring (bicyclic) bond motifs is 1. The highest BCUT2D eigenvalue weighted by Gasteiger charge is 2.33. The van der Waals surface area contributed by atoms with Gasteiger partial charge >= 0.3 is 11.9 Å². The van der Waals surface area contributed by atoms with Crippen molar-refractivity contribution in [2.24, 2.45) is 4.99 Å². The van der Waals surface area contributed by atoms with Crippen LogP contribution < -0.4 is 24.4 Å². The number of allylic oxidation sites excluding steroid dienone is 1. The van der Waals surface area contributed by atoms with Crippen LogP contribution in [0.5, 0.6) is 11.5 Å². The second kappa shape index (κ2) is 12.5. The van der Waals surface area contributed by atoms with E-state index in [9.17, 15) is 14.4 Å². The monoisotopic (exact) mass is 584 g/mol. The fourth-order valence-corrected chi connectivity index (χ4v) is 5.62. The van der Waals surface area contributed by atoms with E-state index in [1.54, 1.807) is 39.0 Å². The smallest absolute Gasteiger partial charge is 0.344 e. The SMILES string of the molecule is CCOC(=O)COc1c(Cl)cc(/C=c2/sc3n(c2=O)[C@H](c2ccc(C)cc2)C(C(=O)OCC)=C(C)N=3)cc1OC. The van der Waals surface area contributed by atoms with Crippen LogP contribution >= 0.6 is 22.9 Å². The van der Waals surface area contributed by atoms with Gasteiger partial charge in [0.15, 0.2) is 22.9 Å². The fourth-order valence-electron chi connectivity index (χ4n) is 4.30. The number of esters is 2. The molecule has 0 N–H and O–H groups in total. The van der Waals surface area contributed by atoms with E-state index in [1.807, 2.05) is 31.2 Å². The average molecular weight is 585 g/mol. The van der Waals surface area contributed by atoms with Crippen LogP contribution in [-0.2, 0) is 19.1 Å². The van der Waals surface area contributed by atoms with E-state index in [0.717, 1.165) is 11.1 Å². The highest BCUT2D eigenvalue weighted by atomic mass is 35.5. The van der Waals surface area contributed by atoms with Gasteiger partial charge in [0.05, 0.1) is 47.2 Å². The van der Waals surface area contributed by atoms with Gasteiger partial charge in [0.1, 0.15) is 0 Å². The van der Waals surface area contributed by atoms with Gasteiger partial charge in [-0.15, -0.1) is 0 Å². The highest BCUT2D eigenvalue weighted by molar-refractivity contribution is 7.07. The summed E-state index contributed by atoms with van der Waals surface area (Å²) in [7, 11) is 1.45. The van der Waals surface area contributed by atoms with E-state index < -0.39 is 18.0 Å². The first-order valence-corrected chi connectivity index (χ1v) is 13.8. The minimum absolute atomic E-state index is 0.185. The Labute approximate surface area is 239 Å². The van der Waals surface area contributed by atoms with Crippen molar-refractivity contribution in [2.45, 2.75) is 33.7 Å². The zero-order valence-electron chi connectivity index (χ0n) is 22.8. The first-order chi connectivity index (χ1) is 19.2. The van der Waals surface area contributed by atoms with Crippen molar-refractivity contribution in [3.05, 3.63) is 89.1 Å². The Bertz CT molecular complexity index is 1650. The maximum absolute atomic E-state index is 13.8. The van der Waals surface area contributed by atoms with Gasteiger partial charge in [0.25, 0.3) is 5.56 Å². The topological polar surface area (TPSA) is 105 Å². The molecule has 40 heavy (non-hydrogen) atoms. The van der Waals surface area contributed by atoms with Crippen molar-refractivity contribution in [1.29, 1.82) is 0 Å². The summed E-state index contributed by atoms with van der Waals surface area (Å²) in [5.41, 5.74) is 2.88. The second-order valence-corrected chi connectivity index (χ2v) is 10.3. The molecule has 2 aromatic carbocycles. The summed E-state index contributed by atoms with van der Waals surface area (Å²) in [5, 5.41) is 0.195. The van der Waals surface area contributed by atoms with E-state index in [4.69, 9.17) is 30.5 Å². The number of carbonyl (C=O) groups is 2. The Balaban J connectivity index is 1.82. The molecule has 1 aliphatic rings. The lowest BCUT2D eigenvalue weighted by molar-refractivity contribution is -0.145. The lowest BCUT2D eigenvalue weighted by Gasteiger charge is -2.24. The van der Waals surface area contributed by atoms with Crippen molar-refractivity contribution in [3.63, 3.8) is 0 Å². The van der Waals surface area contributed by atoms with E-state index in [-0.39, 0.29) is 41.9 Å². The van der Waals surface area contributed by atoms with Crippen molar-refractivity contribution in [3.8, 4) is 11.5 Å². The molecule has 0 unspecified atom stereocenters. The number of hydrogen-bond donors (Lipinski definition) is 0. The number of ether oxygens (including phenoxy) is 4. The fraction of sp³-hybridized carbons (Fsp3) is 0.310. The van der Waals surface area contributed by atoms with Crippen molar-refractivity contribution in [2.75, 3.05) is 26.9 Å². The van der Waals surface area contributed by atoms with Gasteiger partial charge in [-0.2, -0.15) is 0 Å². The van der Waals surface area contributed by atoms with Crippen LogP contribution in [0.1, 0.15) is 43.5 Å². The summed E-state index contributed by atoms with van der Waals surface area (Å²) in [4.78, 5) is 43.6. The third-order valence-electron chi connectivity index (χ3n) is 6.10. The molecule has 0 aliphatic carbocycles. The average Bonchev–Trinajstić information content (AvgIpc) is 3.21. The predicted molar refractivity (Wildman–Crippen MR) is 152 cm³/mol. The molecular weight excluding hydrogens is 556 g/mol. The number of methoxy groups -OCH3 is 1. The van der Waals surface area contributed by atoms with Crippen LogP contribution in [0.3, 0.4) is 0 Å². The van der Waals surface area contributed by atoms with Crippen LogP contribution in [0, 0.1) is 6.92 Å². The van der Waals surface area contributed by atoms with Gasteiger partial charge in [-0.1, -0.05) is 52.8 Å². The zero-order valence-corrected chi connectivity index (χ0v) is 24.4. The van der Waals surface area contributed by atoms with Crippen LogP contribution in [0.25, 0.3) is 6.08 Å². The standard InChI is InChI=1S/C29H29ClN2O7S/c1-6-37-23(33)15-39-26-20(30)12-18(13-21(26)36-5)14-22-27(34)32-25(19-10-8-16(3)9-11-19)24(28(35)38-7-2)17(4)31-29(32)40-22/h8-14,25H,6-7,15H2,1-5H3/b22-14+/t25-/m1/s1. The van der Waals surface area contributed by atoms with Gasteiger partial charge in [-0.05, 0) is 57.0 Å². The number of thiazole rings is 1. The summed E-state index contributed by atoms with van der Waals surface area (Å²) < 4.78 is 23.1. The van der Waals surface area contributed by atoms with E-state index >= 15 is 0 Å². The molecule has 1 aliphatic heterocycles. The summed E-state index contributed by atoms with van der Waals surface area (Å²) in [6, 6.07) is 10.2. The highest BCUT2D eigenvalue weighted by Crippen LogP contribution is 2.37. The van der Waals surface area contributed by atoms with Crippen molar-refractivity contribution >= 4 is 41.0 Å². The number of aryl methyl sites for hydroxylation is 1. The molecule has 0 saturated heterocycles. The Morgan fingerprint density at radius 2 is 1.80 bits per heavy atom. The van der Waals surface area contributed by atoms with Crippen LogP contribution in [0.15, 0.2) is 57.5 Å². The van der Waals surface area contributed by atoms with Gasteiger partial charge in [-0.25, -0.2) is 14.6 Å². The molecular formula is C29H29ClN2O7S. The van der Waals surface area contributed by atoms with Crippen LogP contribution in [0.2, 0.25) is 5.02 Å². The number of benzene rings is 2. The number of rotatable bonds is 9. The summed E-state index contributed by atoms with van der Waals surface area (Å²) >= 11 is 7.66. The lowest BCUT2D eigenvalue weighted by Crippen LogP contribution is -2.39. The van der Waals surface area contributed by atoms with Gasteiger partial charge in [0, 0.05) is 0 Å². The Morgan fingerprint density at radius 1 is 1.10 bits per heavy atom. The van der Waals surface area contributed by atoms with Gasteiger partial charge in [0.2, 0.25) is 0 Å². The summed E-state index contributed by atoms with van der Waals surface area (Å²) in [6.07, 6.45) is 1.67. The van der Waals surface area contributed by atoms with E-state index in [2.05, 4.69) is 4.99 Å². The molecule has 0 spiro atoms. The maximum atomic E-state index is 13.8. The molecule has 3 aromatic rings. The molecule has 210 valence electrons. The molecule has 4 rings (SSSR count). The first kappa shape index (κ1) is 29.1. The van der Waals surface area contributed by atoms with Gasteiger partial charge in [-0.3, -0.25) is 9.36 Å². The molecule has 1 atom stereocenters. The lowest BCUT2D eigenvalue weighted by atomic mass is 9.95. The Morgan fingerprint density at radius 3 is 2.45 bits per heavy atom. The molecule has 11 heteroatoms. The van der Waals surface area contributed by atoms with Gasteiger partial charge < -0.3 is 18.9 Å². The largest absolute Gasteiger partial charge is 0.493 e. The van der Waals surface area contributed by atoms with E-state index in [1.165, 1.54) is 23.0 Å². The predicted octanol–water partition coefficient (Wildman–Crippen LogP) is 3.71. The summed E-state index contributed by atoms with van der Waals surface area (Å²) in [6.45, 7) is 7.24. The molecule has 0 radical (unpaired) electrons. The maximum Gasteiger partial charge on any atom is 0.344 e. The number of nitrogens with zero attached hydrogens (tertiary/aromatic N) is 2. The minimum atomic E-state index is -0.699. The third kappa shape index (κ3) is 5.97. The second-order valence-electron chi connectivity index (χ2n) is 8.84. The normalized spacial score (nSPS) is 14.8. The molecule has 2 heterocycles. The molecule has 0 amide bonds. The zero-order chi connectivity index (χ0) is 29.0. The number of aromatic nitrogens is 1. The minimum Gasteiger partial charge on any atom is -0.493 e. The number of hydrogen-bond acceptors (Lipinski definition) is 9. The van der Waals surface area contributed by atoms with Crippen LogP contribution in [0.4, 0.5) is 0 Å².